The number of aliphatic hydroxyl groups excluding tert-OH is 2. The molecule has 0 saturated carbocycles. The van der Waals surface area contributed by atoms with Gasteiger partial charge in [0.1, 0.15) is 0 Å². The van der Waals surface area contributed by atoms with Gasteiger partial charge in [-0.2, -0.15) is 0 Å². The quantitative estimate of drug-likeness (QED) is 0.684. The van der Waals surface area contributed by atoms with E-state index in [2.05, 4.69) is 5.32 Å². The largest absolute Gasteiger partial charge is 0.392 e. The summed E-state index contributed by atoms with van der Waals surface area (Å²) in [5.41, 5.74) is 0.639. The van der Waals surface area contributed by atoms with Gasteiger partial charge in [-0.05, 0) is 24.6 Å². The number of hydrogen-bond acceptors (Lipinski definition) is 5. The van der Waals surface area contributed by atoms with Crippen LogP contribution < -0.4 is 5.32 Å². The number of hydrogen-bond donors (Lipinski definition) is 3. The summed E-state index contributed by atoms with van der Waals surface area (Å²) in [7, 11) is -3.20. The molecule has 2 atom stereocenters. The number of benzene rings is 1. The Kier molecular flexibility index (Phi) is 5.28. The molecule has 0 aliphatic rings. The highest BCUT2D eigenvalue weighted by atomic mass is 32.2. The predicted molar refractivity (Wildman–Crippen MR) is 69.1 cm³/mol. The van der Waals surface area contributed by atoms with Crippen molar-refractivity contribution >= 4 is 9.84 Å². The molecule has 0 spiro atoms. The van der Waals surface area contributed by atoms with Crippen molar-refractivity contribution in [3.8, 4) is 0 Å². The molecule has 3 N–H and O–H groups in total. The second-order valence-electron chi connectivity index (χ2n) is 4.36. The van der Waals surface area contributed by atoms with Gasteiger partial charge in [-0.25, -0.2) is 8.42 Å². The van der Waals surface area contributed by atoms with E-state index in [1.165, 1.54) is 12.1 Å². The monoisotopic (exact) mass is 273 g/mol. The zero-order valence-electron chi connectivity index (χ0n) is 10.5. The smallest absolute Gasteiger partial charge is 0.175 e. The summed E-state index contributed by atoms with van der Waals surface area (Å²) in [5.74, 6) is 0. The molecule has 5 nitrogen and oxygen atoms in total. The highest BCUT2D eigenvalue weighted by Gasteiger charge is 2.10. The van der Waals surface area contributed by atoms with Crippen LogP contribution in [-0.4, -0.2) is 44.1 Å². The van der Waals surface area contributed by atoms with Crippen LogP contribution in [0.3, 0.4) is 0 Å². The average molecular weight is 273 g/mol. The molecule has 0 aliphatic carbocycles. The zero-order chi connectivity index (χ0) is 13.8. The molecule has 1 aromatic carbocycles. The van der Waals surface area contributed by atoms with Crippen LogP contribution in [-0.2, 0) is 9.84 Å². The van der Waals surface area contributed by atoms with Crippen LogP contribution >= 0.6 is 0 Å². The van der Waals surface area contributed by atoms with Crippen LogP contribution in [0.4, 0.5) is 0 Å². The normalized spacial score (nSPS) is 15.3. The second-order valence-corrected chi connectivity index (χ2v) is 6.38. The first kappa shape index (κ1) is 15.1. The lowest BCUT2D eigenvalue weighted by Gasteiger charge is -2.13. The van der Waals surface area contributed by atoms with E-state index in [9.17, 15) is 13.5 Å². The molecule has 0 saturated heterocycles. The standard InChI is InChI=1S/C12H19NO4S/c1-9(14)7-13-8-12(15)10-3-5-11(6-4-10)18(2,16)17/h3-6,9,12-15H,7-8H2,1-2H3. The minimum atomic E-state index is -3.20. The van der Waals surface area contributed by atoms with Gasteiger partial charge in [-0.3, -0.25) is 0 Å². The fourth-order valence-electron chi connectivity index (χ4n) is 1.48. The van der Waals surface area contributed by atoms with Crippen molar-refractivity contribution in [2.45, 2.75) is 24.0 Å². The summed E-state index contributed by atoms with van der Waals surface area (Å²) < 4.78 is 22.5. The lowest BCUT2D eigenvalue weighted by molar-refractivity contribution is 0.155. The van der Waals surface area contributed by atoms with E-state index >= 15 is 0 Å². The van der Waals surface area contributed by atoms with E-state index in [1.54, 1.807) is 19.1 Å². The molecule has 0 amide bonds. The molecule has 2 unspecified atom stereocenters. The summed E-state index contributed by atoms with van der Waals surface area (Å²) in [6, 6.07) is 6.13. The molecule has 18 heavy (non-hydrogen) atoms. The Labute approximate surface area is 107 Å². The highest BCUT2D eigenvalue weighted by Crippen LogP contribution is 2.15. The van der Waals surface area contributed by atoms with Gasteiger partial charge in [0.25, 0.3) is 0 Å². The van der Waals surface area contributed by atoms with Gasteiger partial charge in [-0.15, -0.1) is 0 Å². The van der Waals surface area contributed by atoms with Crippen molar-refractivity contribution in [3.63, 3.8) is 0 Å². The first-order valence-corrected chi connectivity index (χ1v) is 7.56. The van der Waals surface area contributed by atoms with E-state index in [4.69, 9.17) is 5.11 Å². The topological polar surface area (TPSA) is 86.6 Å². The maximum Gasteiger partial charge on any atom is 0.175 e. The Morgan fingerprint density at radius 3 is 2.17 bits per heavy atom. The zero-order valence-corrected chi connectivity index (χ0v) is 11.3. The number of sulfone groups is 1. The number of aliphatic hydroxyl groups is 2. The molecule has 1 aromatic rings. The van der Waals surface area contributed by atoms with Crippen molar-refractivity contribution in [2.75, 3.05) is 19.3 Å². The fraction of sp³-hybridized carbons (Fsp3) is 0.500. The van der Waals surface area contributed by atoms with Crippen molar-refractivity contribution in [3.05, 3.63) is 29.8 Å². The highest BCUT2D eigenvalue weighted by molar-refractivity contribution is 7.90. The third-order valence-corrected chi connectivity index (χ3v) is 3.60. The molecule has 102 valence electrons. The Hall–Kier alpha value is -0.950. The van der Waals surface area contributed by atoms with Crippen LogP contribution in [0.1, 0.15) is 18.6 Å². The van der Waals surface area contributed by atoms with Gasteiger partial charge in [0.15, 0.2) is 9.84 Å². The van der Waals surface area contributed by atoms with Gasteiger partial charge < -0.3 is 15.5 Å². The van der Waals surface area contributed by atoms with Crippen LogP contribution in [0, 0.1) is 0 Å². The Morgan fingerprint density at radius 1 is 1.17 bits per heavy atom. The molecule has 1 rings (SSSR count). The van der Waals surface area contributed by atoms with Crippen LogP contribution in [0.2, 0.25) is 0 Å². The summed E-state index contributed by atoms with van der Waals surface area (Å²) in [6.07, 6.45) is -0.0509. The third-order valence-electron chi connectivity index (χ3n) is 2.47. The van der Waals surface area contributed by atoms with E-state index in [0.717, 1.165) is 6.26 Å². The van der Waals surface area contributed by atoms with Crippen molar-refractivity contribution in [1.82, 2.24) is 5.32 Å². The van der Waals surface area contributed by atoms with E-state index in [1.807, 2.05) is 0 Å². The minimum Gasteiger partial charge on any atom is -0.392 e. The molecule has 6 heteroatoms. The van der Waals surface area contributed by atoms with Crippen molar-refractivity contribution in [2.24, 2.45) is 0 Å². The Balaban J connectivity index is 2.62. The first-order chi connectivity index (χ1) is 8.30. The first-order valence-electron chi connectivity index (χ1n) is 5.67. The van der Waals surface area contributed by atoms with Crippen molar-refractivity contribution < 1.29 is 18.6 Å². The Morgan fingerprint density at radius 2 is 1.72 bits per heavy atom. The summed E-state index contributed by atoms with van der Waals surface area (Å²) >= 11 is 0. The molecular weight excluding hydrogens is 254 g/mol. The van der Waals surface area contributed by atoms with Crippen LogP contribution in [0.15, 0.2) is 29.2 Å². The van der Waals surface area contributed by atoms with Gasteiger partial charge in [0, 0.05) is 19.3 Å². The maximum absolute atomic E-state index is 11.3. The van der Waals surface area contributed by atoms with Crippen LogP contribution in [0.5, 0.6) is 0 Å². The molecule has 0 aromatic heterocycles. The number of rotatable bonds is 6. The summed E-state index contributed by atoms with van der Waals surface area (Å²) in [4.78, 5) is 0.232. The maximum atomic E-state index is 11.3. The fourth-order valence-corrected chi connectivity index (χ4v) is 2.11. The SMILES string of the molecule is CC(O)CNCC(O)c1ccc(S(C)(=O)=O)cc1. The summed E-state index contributed by atoms with van der Waals surface area (Å²) in [5, 5.41) is 21.8. The summed E-state index contributed by atoms with van der Waals surface area (Å²) in [6.45, 7) is 2.36. The average Bonchev–Trinajstić information content (AvgIpc) is 2.27. The molecule has 0 radical (unpaired) electrons. The van der Waals surface area contributed by atoms with E-state index in [-0.39, 0.29) is 4.90 Å². The van der Waals surface area contributed by atoms with Gasteiger partial charge in [-0.1, -0.05) is 12.1 Å². The van der Waals surface area contributed by atoms with Gasteiger partial charge in [0.2, 0.25) is 0 Å². The molecule has 0 bridgehead atoms. The van der Waals surface area contributed by atoms with Gasteiger partial charge >= 0.3 is 0 Å². The second kappa shape index (κ2) is 6.29. The minimum absolute atomic E-state index is 0.232. The molecule has 0 fully saturated rings. The third kappa shape index (κ3) is 4.73. The van der Waals surface area contributed by atoms with E-state index < -0.39 is 22.0 Å². The molecule has 0 aliphatic heterocycles. The van der Waals surface area contributed by atoms with Crippen molar-refractivity contribution in [1.29, 1.82) is 0 Å². The predicted octanol–water partition coefficient (Wildman–Crippen LogP) is 0.0939. The molecular formula is C12H19NO4S. The van der Waals surface area contributed by atoms with E-state index in [0.29, 0.717) is 18.7 Å². The lowest BCUT2D eigenvalue weighted by Crippen LogP contribution is -2.28. The number of nitrogens with one attached hydrogen (secondary N) is 1. The lowest BCUT2D eigenvalue weighted by atomic mass is 10.1. The van der Waals surface area contributed by atoms with Gasteiger partial charge in [0.05, 0.1) is 17.1 Å². The van der Waals surface area contributed by atoms with Crippen LogP contribution in [0.25, 0.3) is 0 Å². The Bertz CT molecular complexity index is 467. The molecule has 0 heterocycles.